The van der Waals surface area contributed by atoms with E-state index in [1.165, 1.54) is 0 Å². The summed E-state index contributed by atoms with van der Waals surface area (Å²) in [5, 5.41) is 12.6. The summed E-state index contributed by atoms with van der Waals surface area (Å²) in [7, 11) is 0. The van der Waals surface area contributed by atoms with Gasteiger partial charge in [0.1, 0.15) is 0 Å². The number of hydrogen-bond donors (Lipinski definition) is 1. The predicted octanol–water partition coefficient (Wildman–Crippen LogP) is 0.837. The van der Waals surface area contributed by atoms with Crippen molar-refractivity contribution in [1.82, 2.24) is 0 Å². The van der Waals surface area contributed by atoms with Gasteiger partial charge in [0, 0.05) is 11.5 Å². The Hall–Kier alpha value is -0.770. The van der Waals surface area contributed by atoms with Gasteiger partial charge in [-0.25, -0.2) is 0 Å². The molecule has 0 aromatic carbocycles. The molecule has 2 atom stereocenters. The normalized spacial score (nSPS) is 26.1. The predicted molar refractivity (Wildman–Crippen MR) is 39.0 cm³/mol. The van der Waals surface area contributed by atoms with Crippen molar-refractivity contribution in [3.63, 3.8) is 0 Å². The van der Waals surface area contributed by atoms with Crippen molar-refractivity contribution in [2.75, 3.05) is 13.2 Å². The fourth-order valence-corrected chi connectivity index (χ4v) is 1.14. The van der Waals surface area contributed by atoms with E-state index in [1.54, 1.807) is 0 Å². The SMILES string of the molecule is [N-]=[N+]=NC[C@H](O)C1CCCO1. The summed E-state index contributed by atoms with van der Waals surface area (Å²) < 4.78 is 5.18. The summed E-state index contributed by atoms with van der Waals surface area (Å²) in [4.78, 5) is 2.56. The maximum atomic E-state index is 9.29. The Labute approximate surface area is 64.6 Å². The van der Waals surface area contributed by atoms with Crippen LogP contribution in [0.15, 0.2) is 5.11 Å². The first-order chi connectivity index (χ1) is 5.34. The lowest BCUT2D eigenvalue weighted by Crippen LogP contribution is -2.27. The quantitative estimate of drug-likeness (QED) is 0.374. The smallest absolute Gasteiger partial charge is 0.0858 e. The fourth-order valence-electron chi connectivity index (χ4n) is 1.14. The maximum Gasteiger partial charge on any atom is 0.0858 e. The zero-order valence-electron chi connectivity index (χ0n) is 6.18. The van der Waals surface area contributed by atoms with Crippen LogP contribution in [0.3, 0.4) is 0 Å². The van der Waals surface area contributed by atoms with Crippen molar-refractivity contribution in [2.45, 2.75) is 25.0 Å². The lowest BCUT2D eigenvalue weighted by Gasteiger charge is -2.14. The number of nitrogens with zero attached hydrogens (tertiary/aromatic N) is 3. The van der Waals surface area contributed by atoms with Gasteiger partial charge in [-0.3, -0.25) is 0 Å². The lowest BCUT2D eigenvalue weighted by molar-refractivity contribution is 0.00371. The van der Waals surface area contributed by atoms with Crippen LogP contribution in [0.25, 0.3) is 10.4 Å². The van der Waals surface area contributed by atoms with Crippen LogP contribution in [0, 0.1) is 0 Å². The lowest BCUT2D eigenvalue weighted by atomic mass is 10.1. The number of azide groups is 1. The Kier molecular flexibility index (Phi) is 3.16. The Balaban J connectivity index is 2.27. The standard InChI is InChI=1S/C6H11N3O2/c7-9-8-4-5(10)6-2-1-3-11-6/h5-6,10H,1-4H2/t5-,6?/m0/s1. The first-order valence-corrected chi connectivity index (χ1v) is 3.65. The second-order valence-electron chi connectivity index (χ2n) is 2.53. The highest BCUT2D eigenvalue weighted by Crippen LogP contribution is 2.15. The van der Waals surface area contributed by atoms with Crippen LogP contribution in [0.4, 0.5) is 0 Å². The van der Waals surface area contributed by atoms with E-state index in [2.05, 4.69) is 10.0 Å². The second kappa shape index (κ2) is 4.18. The molecule has 0 radical (unpaired) electrons. The van der Waals surface area contributed by atoms with E-state index in [0.29, 0.717) is 6.61 Å². The summed E-state index contributed by atoms with van der Waals surface area (Å²) >= 11 is 0. The molecule has 0 aromatic heterocycles. The van der Waals surface area contributed by atoms with Crippen LogP contribution in [-0.2, 0) is 4.74 Å². The van der Waals surface area contributed by atoms with Gasteiger partial charge in [-0.05, 0) is 18.4 Å². The van der Waals surface area contributed by atoms with Gasteiger partial charge in [0.2, 0.25) is 0 Å². The third-order valence-corrected chi connectivity index (χ3v) is 1.73. The van der Waals surface area contributed by atoms with Gasteiger partial charge < -0.3 is 9.84 Å². The minimum atomic E-state index is -0.631. The van der Waals surface area contributed by atoms with Crippen molar-refractivity contribution >= 4 is 0 Å². The highest BCUT2D eigenvalue weighted by molar-refractivity contribution is 4.75. The van der Waals surface area contributed by atoms with Gasteiger partial charge in [-0.2, -0.15) is 0 Å². The Morgan fingerprint density at radius 1 is 1.82 bits per heavy atom. The molecule has 1 heterocycles. The zero-order valence-corrected chi connectivity index (χ0v) is 6.18. The molecule has 1 fully saturated rings. The third-order valence-electron chi connectivity index (χ3n) is 1.73. The molecule has 1 rings (SSSR count). The highest BCUT2D eigenvalue weighted by atomic mass is 16.5. The number of aliphatic hydroxyl groups is 1. The number of aliphatic hydroxyl groups excluding tert-OH is 1. The maximum absolute atomic E-state index is 9.29. The van der Waals surface area contributed by atoms with Crippen LogP contribution in [0.5, 0.6) is 0 Å². The van der Waals surface area contributed by atoms with Crippen LogP contribution in [0.1, 0.15) is 12.8 Å². The van der Waals surface area contributed by atoms with Crippen molar-refractivity contribution in [3.05, 3.63) is 10.4 Å². The van der Waals surface area contributed by atoms with Crippen LogP contribution >= 0.6 is 0 Å². The number of hydrogen-bond acceptors (Lipinski definition) is 3. The average Bonchev–Trinajstić information content (AvgIpc) is 2.52. The molecule has 62 valence electrons. The molecule has 0 bridgehead atoms. The second-order valence-corrected chi connectivity index (χ2v) is 2.53. The Morgan fingerprint density at radius 2 is 2.64 bits per heavy atom. The largest absolute Gasteiger partial charge is 0.390 e. The molecule has 1 N–H and O–H groups in total. The number of ether oxygens (including phenoxy) is 1. The molecular weight excluding hydrogens is 146 g/mol. The fraction of sp³-hybridized carbons (Fsp3) is 1.00. The summed E-state index contributed by atoms with van der Waals surface area (Å²) in [5.74, 6) is 0. The number of rotatable bonds is 3. The van der Waals surface area contributed by atoms with Crippen molar-refractivity contribution in [2.24, 2.45) is 5.11 Å². The third kappa shape index (κ3) is 2.38. The molecule has 0 amide bonds. The van der Waals surface area contributed by atoms with Gasteiger partial charge in [0.05, 0.1) is 18.8 Å². The monoisotopic (exact) mass is 157 g/mol. The van der Waals surface area contributed by atoms with E-state index in [4.69, 9.17) is 10.3 Å². The Morgan fingerprint density at radius 3 is 3.18 bits per heavy atom. The molecule has 0 saturated carbocycles. The first kappa shape index (κ1) is 8.33. The topological polar surface area (TPSA) is 78.2 Å². The highest BCUT2D eigenvalue weighted by Gasteiger charge is 2.22. The van der Waals surface area contributed by atoms with Gasteiger partial charge in [-0.1, -0.05) is 5.11 Å². The molecule has 5 nitrogen and oxygen atoms in total. The van der Waals surface area contributed by atoms with E-state index in [9.17, 15) is 5.11 Å². The molecule has 11 heavy (non-hydrogen) atoms. The average molecular weight is 157 g/mol. The van der Waals surface area contributed by atoms with Gasteiger partial charge in [0.15, 0.2) is 0 Å². The van der Waals surface area contributed by atoms with E-state index < -0.39 is 6.10 Å². The van der Waals surface area contributed by atoms with Crippen LogP contribution < -0.4 is 0 Å². The minimum absolute atomic E-state index is 0.112. The van der Waals surface area contributed by atoms with E-state index >= 15 is 0 Å². The first-order valence-electron chi connectivity index (χ1n) is 3.65. The van der Waals surface area contributed by atoms with Gasteiger partial charge in [-0.15, -0.1) is 0 Å². The molecule has 0 aliphatic carbocycles. The molecule has 0 spiro atoms. The summed E-state index contributed by atoms with van der Waals surface area (Å²) in [6, 6.07) is 0. The summed E-state index contributed by atoms with van der Waals surface area (Å²) in [6.45, 7) is 0.819. The molecular formula is C6H11N3O2. The van der Waals surface area contributed by atoms with Crippen LogP contribution in [-0.4, -0.2) is 30.5 Å². The van der Waals surface area contributed by atoms with E-state index in [0.717, 1.165) is 12.8 Å². The minimum Gasteiger partial charge on any atom is -0.390 e. The van der Waals surface area contributed by atoms with Crippen LogP contribution in [0.2, 0.25) is 0 Å². The molecule has 1 aliphatic rings. The molecule has 5 heteroatoms. The molecule has 1 aliphatic heterocycles. The molecule has 0 aromatic rings. The zero-order chi connectivity index (χ0) is 8.10. The van der Waals surface area contributed by atoms with Gasteiger partial charge >= 0.3 is 0 Å². The molecule has 1 unspecified atom stereocenters. The van der Waals surface area contributed by atoms with E-state index in [1.807, 2.05) is 0 Å². The Bertz CT molecular complexity index is 161. The van der Waals surface area contributed by atoms with Crippen molar-refractivity contribution in [3.8, 4) is 0 Å². The molecule has 1 saturated heterocycles. The summed E-state index contributed by atoms with van der Waals surface area (Å²) in [6.07, 6.45) is 1.09. The summed E-state index contributed by atoms with van der Waals surface area (Å²) in [5.41, 5.74) is 7.96. The van der Waals surface area contributed by atoms with Crippen molar-refractivity contribution in [1.29, 1.82) is 0 Å². The van der Waals surface area contributed by atoms with E-state index in [-0.39, 0.29) is 12.6 Å². The van der Waals surface area contributed by atoms with Crippen molar-refractivity contribution < 1.29 is 9.84 Å². The van der Waals surface area contributed by atoms with Gasteiger partial charge in [0.25, 0.3) is 0 Å².